The molecule has 0 aliphatic rings. The van der Waals surface area contributed by atoms with Crippen LogP contribution in [0.3, 0.4) is 0 Å². The number of hydrogen-bond donors (Lipinski definition) is 1. The Hall–Kier alpha value is -2.36. The van der Waals surface area contributed by atoms with Gasteiger partial charge in [-0.1, -0.05) is 12.1 Å². The molecular formula is C17H19FN2O. The molecule has 0 unspecified atom stereocenters. The minimum Gasteiger partial charge on any atom is -0.379 e. The standard InChI is InChI=1S/C17H19FN2O/c1-12(21)14-6-9-16(18)17(10-14)19-11-13-4-7-15(8-5-13)20(2)3/h4-10,19H,11H2,1-3H3. The molecule has 2 rings (SSSR count). The first-order chi connectivity index (χ1) is 9.97. The second-order valence-electron chi connectivity index (χ2n) is 5.17. The van der Waals surface area contributed by atoms with E-state index in [9.17, 15) is 9.18 Å². The SMILES string of the molecule is CC(=O)c1ccc(F)c(NCc2ccc(N(C)C)cc2)c1. The summed E-state index contributed by atoms with van der Waals surface area (Å²) in [5, 5.41) is 3.03. The normalized spacial score (nSPS) is 10.3. The van der Waals surface area contributed by atoms with Gasteiger partial charge in [0.15, 0.2) is 5.78 Å². The summed E-state index contributed by atoms with van der Waals surface area (Å²) in [4.78, 5) is 13.4. The maximum atomic E-state index is 13.7. The van der Waals surface area contributed by atoms with Crippen LogP contribution < -0.4 is 10.2 Å². The molecule has 0 atom stereocenters. The third-order valence-corrected chi connectivity index (χ3v) is 3.31. The van der Waals surface area contributed by atoms with Gasteiger partial charge in [0.05, 0.1) is 5.69 Å². The Labute approximate surface area is 124 Å². The summed E-state index contributed by atoms with van der Waals surface area (Å²) in [7, 11) is 3.96. The van der Waals surface area contributed by atoms with E-state index in [1.165, 1.54) is 19.1 Å². The molecule has 2 aromatic rings. The van der Waals surface area contributed by atoms with Crippen LogP contribution in [-0.4, -0.2) is 19.9 Å². The van der Waals surface area contributed by atoms with Crippen LogP contribution in [0.4, 0.5) is 15.8 Å². The molecule has 0 aliphatic carbocycles. The average molecular weight is 286 g/mol. The fourth-order valence-corrected chi connectivity index (χ4v) is 1.99. The third-order valence-electron chi connectivity index (χ3n) is 3.31. The Balaban J connectivity index is 2.09. The van der Waals surface area contributed by atoms with Gasteiger partial charge in [-0.15, -0.1) is 0 Å². The van der Waals surface area contributed by atoms with Crippen molar-refractivity contribution in [1.82, 2.24) is 0 Å². The Morgan fingerprint density at radius 3 is 2.38 bits per heavy atom. The monoisotopic (exact) mass is 286 g/mol. The zero-order valence-electron chi connectivity index (χ0n) is 12.5. The summed E-state index contributed by atoms with van der Waals surface area (Å²) >= 11 is 0. The number of halogens is 1. The lowest BCUT2D eigenvalue weighted by Gasteiger charge is -2.13. The van der Waals surface area contributed by atoms with Crippen LogP contribution in [0.2, 0.25) is 0 Å². The minimum absolute atomic E-state index is 0.0756. The number of hydrogen-bond acceptors (Lipinski definition) is 3. The highest BCUT2D eigenvalue weighted by Gasteiger charge is 2.06. The smallest absolute Gasteiger partial charge is 0.159 e. The number of nitrogens with zero attached hydrogens (tertiary/aromatic N) is 1. The average Bonchev–Trinajstić information content (AvgIpc) is 2.46. The second-order valence-corrected chi connectivity index (χ2v) is 5.17. The van der Waals surface area contributed by atoms with Crippen LogP contribution >= 0.6 is 0 Å². The summed E-state index contributed by atoms with van der Waals surface area (Å²) in [6, 6.07) is 12.4. The lowest BCUT2D eigenvalue weighted by Crippen LogP contribution is -2.08. The van der Waals surface area contributed by atoms with Gasteiger partial charge in [0.1, 0.15) is 5.82 Å². The van der Waals surface area contributed by atoms with Gasteiger partial charge >= 0.3 is 0 Å². The number of benzene rings is 2. The molecule has 0 fully saturated rings. The van der Waals surface area contributed by atoms with Crippen molar-refractivity contribution in [3.63, 3.8) is 0 Å². The molecule has 0 bridgehead atoms. The largest absolute Gasteiger partial charge is 0.379 e. The van der Waals surface area contributed by atoms with Crippen LogP contribution in [-0.2, 0) is 6.54 Å². The van der Waals surface area contributed by atoms with E-state index in [0.29, 0.717) is 17.8 Å². The van der Waals surface area contributed by atoms with E-state index >= 15 is 0 Å². The summed E-state index contributed by atoms with van der Waals surface area (Å²) in [5.41, 5.74) is 3.01. The third kappa shape index (κ3) is 3.81. The number of carbonyl (C=O) groups is 1. The van der Waals surface area contributed by atoms with E-state index < -0.39 is 0 Å². The van der Waals surface area contributed by atoms with Crippen LogP contribution in [0.25, 0.3) is 0 Å². The summed E-state index contributed by atoms with van der Waals surface area (Å²) in [6.07, 6.45) is 0. The van der Waals surface area contributed by atoms with Gasteiger partial charge in [-0.2, -0.15) is 0 Å². The van der Waals surface area contributed by atoms with E-state index in [0.717, 1.165) is 11.3 Å². The van der Waals surface area contributed by atoms with Gasteiger partial charge in [0.25, 0.3) is 0 Å². The number of anilines is 2. The first kappa shape index (κ1) is 15.0. The van der Waals surface area contributed by atoms with E-state index in [1.807, 2.05) is 43.3 Å². The highest BCUT2D eigenvalue weighted by molar-refractivity contribution is 5.94. The molecule has 0 amide bonds. The molecule has 21 heavy (non-hydrogen) atoms. The lowest BCUT2D eigenvalue weighted by atomic mass is 10.1. The second kappa shape index (κ2) is 6.39. The number of rotatable bonds is 5. The molecule has 110 valence electrons. The molecule has 0 saturated heterocycles. The van der Waals surface area contributed by atoms with E-state index in [2.05, 4.69) is 5.32 Å². The zero-order valence-corrected chi connectivity index (χ0v) is 12.5. The van der Waals surface area contributed by atoms with E-state index in [-0.39, 0.29) is 11.6 Å². The predicted octanol–water partition coefficient (Wildman–Crippen LogP) is 3.71. The van der Waals surface area contributed by atoms with Gasteiger partial charge in [-0.3, -0.25) is 4.79 Å². The van der Waals surface area contributed by atoms with Crippen molar-refractivity contribution in [2.24, 2.45) is 0 Å². The fraction of sp³-hybridized carbons (Fsp3) is 0.235. The van der Waals surface area contributed by atoms with Crippen LogP contribution in [0.1, 0.15) is 22.8 Å². The zero-order chi connectivity index (χ0) is 15.4. The predicted molar refractivity (Wildman–Crippen MR) is 84.5 cm³/mol. The van der Waals surface area contributed by atoms with Crippen molar-refractivity contribution in [1.29, 1.82) is 0 Å². The molecule has 0 heterocycles. The van der Waals surface area contributed by atoms with Crippen molar-refractivity contribution in [3.8, 4) is 0 Å². The molecule has 4 heteroatoms. The van der Waals surface area contributed by atoms with Gasteiger partial charge in [0.2, 0.25) is 0 Å². The Morgan fingerprint density at radius 1 is 1.14 bits per heavy atom. The Kier molecular flexibility index (Phi) is 4.58. The molecule has 3 nitrogen and oxygen atoms in total. The Bertz CT molecular complexity index is 636. The summed E-state index contributed by atoms with van der Waals surface area (Å²) in [6.45, 7) is 1.98. The van der Waals surface area contributed by atoms with Crippen molar-refractivity contribution in [3.05, 3.63) is 59.4 Å². The number of ketones is 1. The summed E-state index contributed by atoms with van der Waals surface area (Å²) < 4.78 is 13.7. The number of carbonyl (C=O) groups excluding carboxylic acids is 1. The molecular weight excluding hydrogens is 267 g/mol. The van der Waals surface area contributed by atoms with Gasteiger partial charge in [-0.05, 0) is 42.8 Å². The fourth-order valence-electron chi connectivity index (χ4n) is 1.99. The number of Topliss-reactive ketones (excluding diaryl/α,β-unsaturated/α-hetero) is 1. The molecule has 0 aliphatic heterocycles. The maximum Gasteiger partial charge on any atom is 0.159 e. The van der Waals surface area contributed by atoms with E-state index in [1.54, 1.807) is 6.07 Å². The van der Waals surface area contributed by atoms with Crippen LogP contribution in [0, 0.1) is 5.82 Å². The van der Waals surface area contributed by atoms with Crippen LogP contribution in [0.15, 0.2) is 42.5 Å². The topological polar surface area (TPSA) is 32.3 Å². The molecule has 0 spiro atoms. The summed E-state index contributed by atoms with van der Waals surface area (Å²) in [5.74, 6) is -0.432. The number of nitrogens with one attached hydrogen (secondary N) is 1. The highest BCUT2D eigenvalue weighted by Crippen LogP contribution is 2.18. The van der Waals surface area contributed by atoms with Crippen LogP contribution in [0.5, 0.6) is 0 Å². The van der Waals surface area contributed by atoms with Gasteiger partial charge in [-0.25, -0.2) is 4.39 Å². The van der Waals surface area contributed by atoms with Gasteiger partial charge < -0.3 is 10.2 Å². The first-order valence-corrected chi connectivity index (χ1v) is 6.78. The molecule has 2 aromatic carbocycles. The Morgan fingerprint density at radius 2 is 1.81 bits per heavy atom. The quantitative estimate of drug-likeness (QED) is 0.850. The van der Waals surface area contributed by atoms with Crippen molar-refractivity contribution in [2.45, 2.75) is 13.5 Å². The minimum atomic E-state index is -0.357. The molecule has 1 N–H and O–H groups in total. The van der Waals surface area contributed by atoms with Gasteiger partial charge in [0, 0.05) is 31.9 Å². The van der Waals surface area contributed by atoms with Crippen molar-refractivity contribution >= 4 is 17.2 Å². The molecule has 0 saturated carbocycles. The lowest BCUT2D eigenvalue weighted by molar-refractivity contribution is 0.101. The maximum absolute atomic E-state index is 13.7. The van der Waals surface area contributed by atoms with E-state index in [4.69, 9.17) is 0 Å². The van der Waals surface area contributed by atoms with Crippen molar-refractivity contribution < 1.29 is 9.18 Å². The van der Waals surface area contributed by atoms with Crippen molar-refractivity contribution in [2.75, 3.05) is 24.3 Å². The molecule has 0 aromatic heterocycles. The molecule has 0 radical (unpaired) electrons. The highest BCUT2D eigenvalue weighted by atomic mass is 19.1. The first-order valence-electron chi connectivity index (χ1n) is 6.78.